The van der Waals surface area contributed by atoms with E-state index < -0.39 is 5.97 Å². The molecule has 0 bridgehead atoms. The van der Waals surface area contributed by atoms with Crippen molar-refractivity contribution in [1.29, 1.82) is 0 Å². The second-order valence-corrected chi connectivity index (χ2v) is 5.49. The van der Waals surface area contributed by atoms with Gasteiger partial charge in [0.05, 0.1) is 79.1 Å². The normalized spacial score (nSPS) is 11.8. The first-order chi connectivity index (χ1) is 11.5. The van der Waals surface area contributed by atoms with Crippen molar-refractivity contribution in [2.75, 3.05) is 92.8 Å². The SMILES string of the molecule is C[N+](CCOCCOCCO)(CCOCCOCCO)CC(=O)[O-]. The maximum Gasteiger partial charge on any atom is 0.119 e. The van der Waals surface area contributed by atoms with Crippen LogP contribution >= 0.6 is 0 Å². The first-order valence-electron chi connectivity index (χ1n) is 8.10. The van der Waals surface area contributed by atoms with Crippen LogP contribution in [0.5, 0.6) is 0 Å². The summed E-state index contributed by atoms with van der Waals surface area (Å²) in [6.07, 6.45) is 0. The molecule has 0 aliphatic heterocycles. The highest BCUT2D eigenvalue weighted by molar-refractivity contribution is 5.65. The quantitative estimate of drug-likeness (QED) is 0.201. The molecule has 0 amide bonds. The molecular formula is C15H31NO8. The van der Waals surface area contributed by atoms with Gasteiger partial charge in [-0.05, 0) is 0 Å². The minimum Gasteiger partial charge on any atom is -0.544 e. The minimum atomic E-state index is -1.12. The molecule has 0 aromatic heterocycles. The molecule has 0 radical (unpaired) electrons. The van der Waals surface area contributed by atoms with E-state index in [0.29, 0.717) is 52.7 Å². The van der Waals surface area contributed by atoms with Crippen LogP contribution in [0.4, 0.5) is 0 Å². The predicted molar refractivity (Wildman–Crippen MR) is 83.2 cm³/mol. The molecule has 0 fully saturated rings. The Morgan fingerprint density at radius 3 is 1.50 bits per heavy atom. The summed E-state index contributed by atoms with van der Waals surface area (Å²) in [5.74, 6) is -1.12. The lowest BCUT2D eigenvalue weighted by Crippen LogP contribution is -2.54. The van der Waals surface area contributed by atoms with Crippen LogP contribution in [0.15, 0.2) is 0 Å². The number of ether oxygens (including phenoxy) is 4. The molecule has 9 heteroatoms. The van der Waals surface area contributed by atoms with E-state index in [1.807, 2.05) is 7.05 Å². The van der Waals surface area contributed by atoms with E-state index in [4.69, 9.17) is 29.2 Å². The molecule has 0 aliphatic carbocycles. The molecule has 0 atom stereocenters. The zero-order valence-corrected chi connectivity index (χ0v) is 14.5. The molecule has 0 unspecified atom stereocenters. The Hall–Kier alpha value is -0.810. The van der Waals surface area contributed by atoms with Crippen molar-refractivity contribution < 1.29 is 43.5 Å². The molecule has 144 valence electrons. The topological polar surface area (TPSA) is 118 Å². The van der Waals surface area contributed by atoms with Crippen molar-refractivity contribution in [3.63, 3.8) is 0 Å². The van der Waals surface area contributed by atoms with Gasteiger partial charge in [-0.2, -0.15) is 0 Å². The number of quaternary nitrogens is 1. The maximum atomic E-state index is 10.9. The van der Waals surface area contributed by atoms with Gasteiger partial charge >= 0.3 is 0 Å². The van der Waals surface area contributed by atoms with E-state index in [9.17, 15) is 9.90 Å². The number of aliphatic carboxylic acids is 1. The van der Waals surface area contributed by atoms with Crippen molar-refractivity contribution in [2.24, 2.45) is 0 Å². The summed E-state index contributed by atoms with van der Waals surface area (Å²) in [7, 11) is 1.81. The van der Waals surface area contributed by atoms with E-state index >= 15 is 0 Å². The van der Waals surface area contributed by atoms with Crippen molar-refractivity contribution in [2.45, 2.75) is 0 Å². The van der Waals surface area contributed by atoms with Crippen LogP contribution < -0.4 is 5.11 Å². The van der Waals surface area contributed by atoms with Crippen molar-refractivity contribution >= 4 is 5.97 Å². The predicted octanol–water partition coefficient (Wildman–Crippen LogP) is -2.77. The van der Waals surface area contributed by atoms with Gasteiger partial charge < -0.3 is 43.5 Å². The zero-order valence-electron chi connectivity index (χ0n) is 14.5. The van der Waals surface area contributed by atoms with Crippen LogP contribution in [0, 0.1) is 0 Å². The number of likely N-dealkylation sites (N-methyl/N-ethyl adjacent to an activating group) is 1. The molecule has 0 rings (SSSR count). The number of carboxylic acids is 1. The molecule has 0 saturated carbocycles. The molecule has 0 aromatic carbocycles. The number of hydrogen-bond donors (Lipinski definition) is 2. The summed E-state index contributed by atoms with van der Waals surface area (Å²) in [5.41, 5.74) is 0. The minimum absolute atomic E-state index is 0.0222. The van der Waals surface area contributed by atoms with Gasteiger partial charge in [-0.15, -0.1) is 0 Å². The highest BCUT2D eigenvalue weighted by Crippen LogP contribution is 2.02. The lowest BCUT2D eigenvalue weighted by Gasteiger charge is -2.34. The van der Waals surface area contributed by atoms with Crippen molar-refractivity contribution in [1.82, 2.24) is 0 Å². The number of carbonyl (C=O) groups is 1. The molecule has 0 heterocycles. The molecule has 0 aromatic rings. The average molecular weight is 353 g/mol. The summed E-state index contributed by atoms with van der Waals surface area (Å²) < 4.78 is 21.2. The number of carbonyl (C=O) groups excluding carboxylic acids is 1. The summed E-state index contributed by atoms with van der Waals surface area (Å²) >= 11 is 0. The van der Waals surface area contributed by atoms with Crippen LogP contribution in [0.3, 0.4) is 0 Å². The molecule has 9 nitrogen and oxygen atoms in total. The summed E-state index contributed by atoms with van der Waals surface area (Å²) in [6.45, 7) is 3.78. The number of nitrogens with zero attached hydrogens (tertiary/aromatic N) is 1. The van der Waals surface area contributed by atoms with Gasteiger partial charge in [0.1, 0.15) is 19.6 Å². The maximum absolute atomic E-state index is 10.9. The fourth-order valence-electron chi connectivity index (χ4n) is 1.92. The van der Waals surface area contributed by atoms with E-state index in [0.717, 1.165) is 0 Å². The third-order valence-electron chi connectivity index (χ3n) is 3.28. The second-order valence-electron chi connectivity index (χ2n) is 5.49. The Bertz CT molecular complexity index is 285. The Labute approximate surface area is 143 Å². The van der Waals surface area contributed by atoms with Crippen LogP contribution in [-0.4, -0.2) is 113 Å². The third kappa shape index (κ3) is 14.8. The van der Waals surface area contributed by atoms with Gasteiger partial charge in [0, 0.05) is 0 Å². The van der Waals surface area contributed by atoms with Gasteiger partial charge in [-0.3, -0.25) is 0 Å². The molecule has 24 heavy (non-hydrogen) atoms. The zero-order chi connectivity index (χ0) is 18.1. The highest BCUT2D eigenvalue weighted by atomic mass is 16.5. The lowest BCUT2D eigenvalue weighted by molar-refractivity contribution is -0.904. The van der Waals surface area contributed by atoms with E-state index in [1.54, 1.807) is 0 Å². The van der Waals surface area contributed by atoms with Crippen LogP contribution in [0.1, 0.15) is 0 Å². The van der Waals surface area contributed by atoms with Crippen molar-refractivity contribution in [3.8, 4) is 0 Å². The summed E-state index contributed by atoms with van der Waals surface area (Å²) in [5, 5.41) is 28.1. The Morgan fingerprint density at radius 2 is 1.17 bits per heavy atom. The molecule has 0 saturated heterocycles. The number of hydrogen-bond acceptors (Lipinski definition) is 8. The Balaban J connectivity index is 3.88. The fraction of sp³-hybridized carbons (Fsp3) is 0.933. The van der Waals surface area contributed by atoms with E-state index in [2.05, 4.69) is 0 Å². The smallest absolute Gasteiger partial charge is 0.119 e. The third-order valence-corrected chi connectivity index (χ3v) is 3.28. The van der Waals surface area contributed by atoms with Gasteiger partial charge in [-0.1, -0.05) is 0 Å². The van der Waals surface area contributed by atoms with Gasteiger partial charge in [0.15, 0.2) is 0 Å². The monoisotopic (exact) mass is 353 g/mol. The van der Waals surface area contributed by atoms with Crippen LogP contribution in [-0.2, 0) is 23.7 Å². The van der Waals surface area contributed by atoms with Crippen LogP contribution in [0.2, 0.25) is 0 Å². The number of aliphatic hydroxyl groups is 2. The molecule has 0 aliphatic rings. The van der Waals surface area contributed by atoms with Gasteiger partial charge in [0.2, 0.25) is 0 Å². The van der Waals surface area contributed by atoms with Crippen molar-refractivity contribution in [3.05, 3.63) is 0 Å². The second kappa shape index (κ2) is 15.7. The summed E-state index contributed by atoms with van der Waals surface area (Å²) in [6, 6.07) is 0. The lowest BCUT2D eigenvalue weighted by atomic mass is 10.3. The van der Waals surface area contributed by atoms with Gasteiger partial charge in [-0.25, -0.2) is 0 Å². The average Bonchev–Trinajstić information content (AvgIpc) is 2.52. The largest absolute Gasteiger partial charge is 0.544 e. The molecular weight excluding hydrogens is 322 g/mol. The molecule has 2 N–H and O–H groups in total. The first kappa shape index (κ1) is 23.2. The Kier molecular flexibility index (Phi) is 15.2. The Morgan fingerprint density at radius 1 is 0.792 bits per heavy atom. The van der Waals surface area contributed by atoms with Crippen LogP contribution in [0.25, 0.3) is 0 Å². The van der Waals surface area contributed by atoms with Gasteiger partial charge in [0.25, 0.3) is 0 Å². The van der Waals surface area contributed by atoms with E-state index in [-0.39, 0.29) is 37.5 Å². The summed E-state index contributed by atoms with van der Waals surface area (Å²) in [4.78, 5) is 10.9. The first-order valence-corrected chi connectivity index (χ1v) is 8.10. The van der Waals surface area contributed by atoms with E-state index in [1.165, 1.54) is 0 Å². The molecule has 0 spiro atoms. The standard InChI is InChI=1S/C15H31NO8/c1-16(14-15(19)20,2-6-21-10-12-23-8-4-17)3-7-22-11-13-24-9-5-18/h17-18H,2-14H2,1H3. The number of carboxylic acid groups (broad SMARTS) is 1. The number of aliphatic hydroxyl groups excluding tert-OH is 2. The fourth-order valence-corrected chi connectivity index (χ4v) is 1.92. The number of rotatable bonds is 18. The highest BCUT2D eigenvalue weighted by Gasteiger charge is 2.21.